The van der Waals surface area contributed by atoms with Gasteiger partial charge in [-0.3, -0.25) is 14.9 Å². The van der Waals surface area contributed by atoms with Crippen molar-refractivity contribution in [3.8, 4) is 11.1 Å². The maximum Gasteiger partial charge on any atom is 0.259 e. The number of para-hydroxylation sites is 1. The minimum absolute atomic E-state index is 0.336. The molecule has 0 saturated carbocycles. The molecule has 0 aliphatic carbocycles. The molecule has 0 atom stereocenters. The molecule has 0 bridgehead atoms. The normalized spacial score (nSPS) is 15.5. The first kappa shape index (κ1) is 19.1. The van der Waals surface area contributed by atoms with Crippen LogP contribution in [0.1, 0.15) is 23.1 Å². The lowest BCUT2D eigenvalue weighted by atomic mass is 9.94. The number of amides is 2. The molecule has 2 aliphatic rings. The molecule has 2 aromatic heterocycles. The first-order chi connectivity index (χ1) is 16.7. The van der Waals surface area contributed by atoms with E-state index in [1.807, 2.05) is 42.7 Å². The monoisotopic (exact) mass is 443 g/mol. The fraction of sp³-hybridized carbons (Fsp3) is 0.103. The van der Waals surface area contributed by atoms with E-state index < -0.39 is 0 Å². The molecule has 2 aliphatic heterocycles. The highest BCUT2D eigenvalue weighted by Gasteiger charge is 2.35. The van der Waals surface area contributed by atoms with Crippen LogP contribution in [0.5, 0.6) is 0 Å². The summed E-state index contributed by atoms with van der Waals surface area (Å²) in [4.78, 5) is 29.6. The Bertz CT molecular complexity index is 1690. The van der Waals surface area contributed by atoms with Gasteiger partial charge in [0, 0.05) is 46.4 Å². The van der Waals surface area contributed by atoms with E-state index >= 15 is 0 Å². The molecule has 0 spiro atoms. The summed E-state index contributed by atoms with van der Waals surface area (Å²) in [5, 5.41) is 4.51. The van der Waals surface area contributed by atoms with Gasteiger partial charge in [0.05, 0.1) is 16.7 Å². The molecule has 0 saturated heterocycles. The maximum atomic E-state index is 13.1. The molecule has 0 fully saturated rings. The molecular formula is C29H21N3O2. The number of nitrogens with one attached hydrogen (secondary N) is 2. The van der Waals surface area contributed by atoms with Crippen LogP contribution >= 0.6 is 0 Å². The van der Waals surface area contributed by atoms with Crippen molar-refractivity contribution in [2.45, 2.75) is 19.4 Å². The van der Waals surface area contributed by atoms with Gasteiger partial charge in [-0.05, 0) is 41.7 Å². The Balaban J connectivity index is 1.49. The molecule has 7 rings (SSSR count). The van der Waals surface area contributed by atoms with E-state index in [4.69, 9.17) is 0 Å². The molecule has 164 valence electrons. The molecule has 4 heterocycles. The van der Waals surface area contributed by atoms with Gasteiger partial charge in [-0.25, -0.2) is 0 Å². The number of hydrogen-bond acceptors (Lipinski definition) is 2. The number of hydrogen-bond donors (Lipinski definition) is 2. The fourth-order valence-electron chi connectivity index (χ4n) is 5.56. The zero-order valence-corrected chi connectivity index (χ0v) is 18.4. The zero-order chi connectivity index (χ0) is 22.8. The van der Waals surface area contributed by atoms with Crippen LogP contribution in [0.4, 0.5) is 0 Å². The van der Waals surface area contributed by atoms with Crippen molar-refractivity contribution in [2.24, 2.45) is 0 Å². The Kier molecular flexibility index (Phi) is 3.97. The van der Waals surface area contributed by atoms with Crippen LogP contribution in [0.3, 0.4) is 0 Å². The Morgan fingerprint density at radius 3 is 2.44 bits per heavy atom. The van der Waals surface area contributed by atoms with E-state index in [1.165, 1.54) is 11.1 Å². The standard InChI is InChI=1S/C29H21N3O2/c33-28-25(22-15-30-24-12-11-19(14-21(22)24)17-6-2-1-3-7-17)26(29(34)31-28)23-16-32-13-5-9-18-8-4-10-20(23)27(18)32/h1-4,6-8,10-12,14-16,30H,5,9,13H2,(H,31,33,34). The van der Waals surface area contributed by atoms with Crippen molar-refractivity contribution < 1.29 is 9.59 Å². The molecule has 3 aromatic carbocycles. The van der Waals surface area contributed by atoms with Gasteiger partial charge in [0.1, 0.15) is 0 Å². The first-order valence-electron chi connectivity index (χ1n) is 11.6. The minimum Gasteiger partial charge on any atom is -0.361 e. The van der Waals surface area contributed by atoms with Gasteiger partial charge < -0.3 is 9.55 Å². The Labute approximate surface area is 195 Å². The summed E-state index contributed by atoms with van der Waals surface area (Å²) in [6.07, 6.45) is 5.99. The quantitative estimate of drug-likeness (QED) is 0.372. The van der Waals surface area contributed by atoms with Crippen molar-refractivity contribution in [1.29, 1.82) is 0 Å². The van der Waals surface area contributed by atoms with Crippen molar-refractivity contribution in [3.05, 3.63) is 95.8 Å². The third-order valence-electron chi connectivity index (χ3n) is 7.09. The number of nitrogens with zero attached hydrogens (tertiary/aromatic N) is 1. The molecule has 0 unspecified atom stereocenters. The summed E-state index contributed by atoms with van der Waals surface area (Å²) in [5.41, 5.74) is 8.03. The van der Waals surface area contributed by atoms with Gasteiger partial charge in [-0.1, -0.05) is 54.6 Å². The third-order valence-corrected chi connectivity index (χ3v) is 7.09. The number of carbonyl (C=O) groups is 2. The molecule has 5 nitrogen and oxygen atoms in total. The van der Waals surface area contributed by atoms with E-state index in [9.17, 15) is 9.59 Å². The molecular weight excluding hydrogens is 422 g/mol. The van der Waals surface area contributed by atoms with Gasteiger partial charge >= 0.3 is 0 Å². The number of imide groups is 1. The predicted molar refractivity (Wildman–Crippen MR) is 134 cm³/mol. The number of fused-ring (bicyclic) bond motifs is 1. The first-order valence-corrected chi connectivity index (χ1v) is 11.6. The summed E-state index contributed by atoms with van der Waals surface area (Å²) in [7, 11) is 0. The maximum absolute atomic E-state index is 13.1. The zero-order valence-electron chi connectivity index (χ0n) is 18.4. The number of aromatic amines is 1. The van der Waals surface area contributed by atoms with Crippen LogP contribution in [0.2, 0.25) is 0 Å². The topological polar surface area (TPSA) is 66.9 Å². The number of carbonyl (C=O) groups excluding carboxylic acids is 2. The molecule has 2 amide bonds. The average molecular weight is 444 g/mol. The van der Waals surface area contributed by atoms with Gasteiger partial charge in [-0.2, -0.15) is 0 Å². The Morgan fingerprint density at radius 2 is 1.59 bits per heavy atom. The highest BCUT2D eigenvalue weighted by Crippen LogP contribution is 2.40. The smallest absolute Gasteiger partial charge is 0.259 e. The largest absolute Gasteiger partial charge is 0.361 e. The summed E-state index contributed by atoms with van der Waals surface area (Å²) >= 11 is 0. The third kappa shape index (κ3) is 2.67. The summed E-state index contributed by atoms with van der Waals surface area (Å²) < 4.78 is 2.23. The van der Waals surface area contributed by atoms with Crippen molar-refractivity contribution >= 4 is 44.8 Å². The number of rotatable bonds is 3. The van der Waals surface area contributed by atoms with Crippen LogP contribution in [-0.2, 0) is 22.6 Å². The summed E-state index contributed by atoms with van der Waals surface area (Å²) in [6.45, 7) is 0.916. The van der Waals surface area contributed by atoms with Gasteiger partial charge in [0.2, 0.25) is 0 Å². The van der Waals surface area contributed by atoms with Crippen LogP contribution in [0.25, 0.3) is 44.1 Å². The average Bonchev–Trinajstić information content (AvgIpc) is 3.53. The van der Waals surface area contributed by atoms with Crippen LogP contribution in [0.15, 0.2) is 79.1 Å². The molecule has 5 heteroatoms. The Morgan fingerprint density at radius 1 is 0.765 bits per heavy atom. The molecule has 34 heavy (non-hydrogen) atoms. The van der Waals surface area contributed by atoms with E-state index in [0.717, 1.165) is 57.9 Å². The second-order valence-electron chi connectivity index (χ2n) is 9.02. The fourth-order valence-corrected chi connectivity index (χ4v) is 5.56. The van der Waals surface area contributed by atoms with Gasteiger partial charge in [-0.15, -0.1) is 0 Å². The second kappa shape index (κ2) is 7.06. The van der Waals surface area contributed by atoms with E-state index in [-0.39, 0.29) is 11.8 Å². The van der Waals surface area contributed by atoms with Gasteiger partial charge in [0.15, 0.2) is 0 Å². The SMILES string of the molecule is O=C1NC(=O)C(c2cn3c4c(cccc24)CCC3)=C1c1c[nH]c2ccc(-c3ccccc3)cc12. The van der Waals surface area contributed by atoms with Crippen LogP contribution in [0, 0.1) is 0 Å². The van der Waals surface area contributed by atoms with Crippen LogP contribution < -0.4 is 5.32 Å². The minimum atomic E-state index is -0.349. The van der Waals surface area contributed by atoms with Crippen molar-refractivity contribution in [2.75, 3.05) is 0 Å². The summed E-state index contributed by atoms with van der Waals surface area (Å²) in [6, 6.07) is 22.6. The van der Waals surface area contributed by atoms with E-state index in [1.54, 1.807) is 0 Å². The van der Waals surface area contributed by atoms with Gasteiger partial charge in [0.25, 0.3) is 11.8 Å². The lowest BCUT2D eigenvalue weighted by Gasteiger charge is -2.14. The Hall–Kier alpha value is -4.38. The van der Waals surface area contributed by atoms with Crippen molar-refractivity contribution in [3.63, 3.8) is 0 Å². The van der Waals surface area contributed by atoms with Crippen molar-refractivity contribution in [1.82, 2.24) is 14.9 Å². The second-order valence-corrected chi connectivity index (χ2v) is 9.02. The number of aromatic nitrogens is 2. The van der Waals surface area contributed by atoms with E-state index in [0.29, 0.717) is 11.1 Å². The highest BCUT2D eigenvalue weighted by atomic mass is 16.2. The number of benzene rings is 3. The lowest BCUT2D eigenvalue weighted by Crippen LogP contribution is -2.22. The molecule has 0 radical (unpaired) electrons. The van der Waals surface area contributed by atoms with E-state index in [2.05, 4.69) is 51.3 Å². The summed E-state index contributed by atoms with van der Waals surface area (Å²) in [5.74, 6) is -0.685. The molecule has 2 N–H and O–H groups in total. The molecule has 5 aromatic rings. The lowest BCUT2D eigenvalue weighted by molar-refractivity contribution is -0.122. The predicted octanol–water partition coefficient (Wildman–Crippen LogP) is 5.30. The number of aryl methyl sites for hydroxylation is 2. The van der Waals surface area contributed by atoms with Crippen LogP contribution in [-0.4, -0.2) is 21.4 Å². The highest BCUT2D eigenvalue weighted by molar-refractivity contribution is 6.50. The number of H-pyrrole nitrogens is 1.